The van der Waals surface area contributed by atoms with Gasteiger partial charge in [-0.05, 0) is 56.5 Å². The average Bonchev–Trinajstić information content (AvgIpc) is 3.10. The molecule has 0 aliphatic rings. The lowest BCUT2D eigenvalue weighted by Gasteiger charge is -2.12. The van der Waals surface area contributed by atoms with E-state index in [4.69, 9.17) is 4.74 Å². The quantitative estimate of drug-likeness (QED) is 0.528. The van der Waals surface area contributed by atoms with Crippen molar-refractivity contribution < 1.29 is 13.9 Å². The highest BCUT2D eigenvalue weighted by atomic mass is 32.2. The molecule has 6 nitrogen and oxygen atoms in total. The number of rotatable bonds is 8. The third kappa shape index (κ3) is 5.18. The van der Waals surface area contributed by atoms with Crippen LogP contribution in [0.1, 0.15) is 29.4 Å². The van der Waals surface area contributed by atoms with Gasteiger partial charge < -0.3 is 14.6 Å². The first-order valence-corrected chi connectivity index (χ1v) is 10.7. The maximum Gasteiger partial charge on any atom is 0.234 e. The smallest absolute Gasteiger partial charge is 0.234 e. The Bertz CT molecular complexity index is 1030. The van der Waals surface area contributed by atoms with E-state index in [1.165, 1.54) is 23.9 Å². The van der Waals surface area contributed by atoms with Crippen LogP contribution in [0.25, 0.3) is 0 Å². The summed E-state index contributed by atoms with van der Waals surface area (Å²) in [7, 11) is 0. The van der Waals surface area contributed by atoms with Crippen molar-refractivity contribution in [3.8, 4) is 5.75 Å². The van der Waals surface area contributed by atoms with Crippen molar-refractivity contribution in [3.63, 3.8) is 0 Å². The lowest BCUT2D eigenvalue weighted by Crippen LogP contribution is -2.15. The van der Waals surface area contributed by atoms with Crippen molar-refractivity contribution in [2.24, 2.45) is 0 Å². The normalized spacial score (nSPS) is 10.8. The van der Waals surface area contributed by atoms with E-state index >= 15 is 0 Å². The van der Waals surface area contributed by atoms with E-state index in [0.717, 1.165) is 22.4 Å². The predicted octanol–water partition coefficient (Wildman–Crippen LogP) is 4.67. The Labute approximate surface area is 179 Å². The maximum absolute atomic E-state index is 13.4. The topological polar surface area (TPSA) is 69.0 Å². The van der Waals surface area contributed by atoms with Crippen LogP contribution in [-0.2, 0) is 17.9 Å². The number of aryl methyl sites for hydroxylation is 3. The fourth-order valence-corrected chi connectivity index (χ4v) is 3.88. The van der Waals surface area contributed by atoms with Gasteiger partial charge >= 0.3 is 0 Å². The van der Waals surface area contributed by atoms with Gasteiger partial charge in [0.2, 0.25) is 5.91 Å². The maximum atomic E-state index is 13.4. The Balaban J connectivity index is 1.62. The third-order valence-corrected chi connectivity index (χ3v) is 5.64. The summed E-state index contributed by atoms with van der Waals surface area (Å²) < 4.78 is 21.3. The number of hydrogen-bond donors (Lipinski definition) is 1. The van der Waals surface area contributed by atoms with Crippen molar-refractivity contribution in [3.05, 3.63) is 64.7 Å². The molecule has 0 fully saturated rings. The molecule has 0 bridgehead atoms. The molecule has 0 aliphatic carbocycles. The Morgan fingerprint density at radius 3 is 2.57 bits per heavy atom. The Kier molecular flexibility index (Phi) is 7.10. The highest BCUT2D eigenvalue weighted by Gasteiger charge is 2.15. The Morgan fingerprint density at radius 1 is 1.13 bits per heavy atom. The summed E-state index contributed by atoms with van der Waals surface area (Å²) in [5, 5.41) is 11.8. The number of halogens is 1. The van der Waals surface area contributed by atoms with E-state index < -0.39 is 0 Å². The first-order chi connectivity index (χ1) is 14.4. The number of amides is 1. The molecule has 0 atom stereocenters. The number of ether oxygens (including phenoxy) is 1. The van der Waals surface area contributed by atoms with E-state index in [1.807, 2.05) is 50.5 Å². The molecule has 8 heteroatoms. The molecule has 3 aromatic rings. The van der Waals surface area contributed by atoms with E-state index in [-0.39, 0.29) is 17.5 Å². The van der Waals surface area contributed by atoms with Crippen LogP contribution in [0.4, 0.5) is 10.1 Å². The number of carbonyl (C=O) groups excluding carboxylic acids is 1. The summed E-state index contributed by atoms with van der Waals surface area (Å²) in [5.41, 5.74) is 3.41. The molecular formula is C22H25FN4O2S. The molecule has 3 rings (SSSR count). The van der Waals surface area contributed by atoms with Crippen molar-refractivity contribution in [1.82, 2.24) is 14.8 Å². The van der Waals surface area contributed by atoms with Gasteiger partial charge in [0.25, 0.3) is 0 Å². The van der Waals surface area contributed by atoms with Gasteiger partial charge in [0.1, 0.15) is 18.2 Å². The zero-order valence-electron chi connectivity index (χ0n) is 17.5. The molecule has 2 aromatic carbocycles. The molecule has 1 N–H and O–H groups in total. The highest BCUT2D eigenvalue weighted by Crippen LogP contribution is 2.24. The number of hydrogen-bond acceptors (Lipinski definition) is 5. The van der Waals surface area contributed by atoms with Crippen molar-refractivity contribution in [2.45, 2.75) is 46.0 Å². The zero-order valence-corrected chi connectivity index (χ0v) is 18.3. The predicted molar refractivity (Wildman–Crippen MR) is 116 cm³/mol. The SMILES string of the molecule is CCn1c(COc2c(C)cccc2C)nnc1SCC(=O)Nc1cc(F)ccc1C. The van der Waals surface area contributed by atoms with E-state index in [0.29, 0.717) is 29.8 Å². The van der Waals surface area contributed by atoms with Crippen molar-refractivity contribution >= 4 is 23.4 Å². The van der Waals surface area contributed by atoms with Crippen LogP contribution in [0.2, 0.25) is 0 Å². The molecule has 1 heterocycles. The van der Waals surface area contributed by atoms with Gasteiger partial charge in [-0.25, -0.2) is 4.39 Å². The molecule has 1 aromatic heterocycles. The first kappa shape index (κ1) is 21.8. The van der Waals surface area contributed by atoms with Gasteiger partial charge in [0, 0.05) is 12.2 Å². The largest absolute Gasteiger partial charge is 0.485 e. The zero-order chi connectivity index (χ0) is 21.7. The van der Waals surface area contributed by atoms with Crippen LogP contribution in [0.3, 0.4) is 0 Å². The lowest BCUT2D eigenvalue weighted by atomic mass is 10.1. The summed E-state index contributed by atoms with van der Waals surface area (Å²) >= 11 is 1.29. The fourth-order valence-electron chi connectivity index (χ4n) is 3.06. The summed E-state index contributed by atoms with van der Waals surface area (Å²) in [4.78, 5) is 12.3. The van der Waals surface area contributed by atoms with E-state index in [1.54, 1.807) is 6.07 Å². The molecule has 0 spiro atoms. The van der Waals surface area contributed by atoms with Crippen LogP contribution >= 0.6 is 11.8 Å². The molecule has 30 heavy (non-hydrogen) atoms. The molecule has 158 valence electrons. The van der Waals surface area contributed by atoms with Crippen molar-refractivity contribution in [1.29, 1.82) is 0 Å². The van der Waals surface area contributed by atoms with E-state index in [2.05, 4.69) is 15.5 Å². The van der Waals surface area contributed by atoms with Crippen LogP contribution in [-0.4, -0.2) is 26.4 Å². The van der Waals surface area contributed by atoms with Crippen LogP contribution < -0.4 is 10.1 Å². The highest BCUT2D eigenvalue weighted by molar-refractivity contribution is 7.99. The van der Waals surface area contributed by atoms with Crippen LogP contribution in [0.15, 0.2) is 41.6 Å². The summed E-state index contributed by atoms with van der Waals surface area (Å²) in [6.07, 6.45) is 0. The van der Waals surface area contributed by atoms with Gasteiger partial charge in [-0.3, -0.25) is 4.79 Å². The summed E-state index contributed by atoms with van der Waals surface area (Å²) in [5.74, 6) is 1.08. The van der Waals surface area contributed by atoms with Gasteiger partial charge in [-0.15, -0.1) is 10.2 Å². The number of thioether (sulfide) groups is 1. The number of anilines is 1. The minimum atomic E-state index is -0.386. The number of carbonyl (C=O) groups is 1. The lowest BCUT2D eigenvalue weighted by molar-refractivity contribution is -0.113. The summed E-state index contributed by atoms with van der Waals surface area (Å²) in [6.45, 7) is 8.78. The number of aromatic nitrogens is 3. The second-order valence-corrected chi connectivity index (χ2v) is 7.89. The van der Waals surface area contributed by atoms with Gasteiger partial charge in [-0.2, -0.15) is 0 Å². The molecular weight excluding hydrogens is 403 g/mol. The fraction of sp³-hybridized carbons (Fsp3) is 0.318. The van der Waals surface area contributed by atoms with Crippen LogP contribution in [0.5, 0.6) is 5.75 Å². The monoisotopic (exact) mass is 428 g/mol. The molecule has 0 radical (unpaired) electrons. The van der Waals surface area contributed by atoms with E-state index in [9.17, 15) is 9.18 Å². The molecule has 0 saturated heterocycles. The standard InChI is InChI=1S/C22H25FN4O2S/c1-5-27-19(12-29-21-15(3)7-6-8-16(21)4)25-26-22(27)30-13-20(28)24-18-11-17(23)10-9-14(18)2/h6-11H,5,12-13H2,1-4H3,(H,24,28). The number of nitrogens with zero attached hydrogens (tertiary/aromatic N) is 3. The van der Waals surface area contributed by atoms with Gasteiger partial charge in [0.15, 0.2) is 11.0 Å². The Hall–Kier alpha value is -2.87. The second kappa shape index (κ2) is 9.75. The summed E-state index contributed by atoms with van der Waals surface area (Å²) in [6, 6.07) is 10.3. The third-order valence-electron chi connectivity index (χ3n) is 4.67. The van der Waals surface area contributed by atoms with Crippen LogP contribution in [0, 0.1) is 26.6 Å². The molecule has 0 unspecified atom stereocenters. The molecule has 1 amide bonds. The average molecular weight is 429 g/mol. The number of para-hydroxylation sites is 1. The van der Waals surface area contributed by atoms with Crippen molar-refractivity contribution in [2.75, 3.05) is 11.1 Å². The number of nitrogens with one attached hydrogen (secondary N) is 1. The minimum Gasteiger partial charge on any atom is -0.485 e. The first-order valence-electron chi connectivity index (χ1n) is 9.69. The van der Waals surface area contributed by atoms with Gasteiger partial charge in [-0.1, -0.05) is 36.0 Å². The van der Waals surface area contributed by atoms with Gasteiger partial charge in [0.05, 0.1) is 5.75 Å². The molecule has 0 saturated carbocycles. The minimum absolute atomic E-state index is 0.145. The second-order valence-electron chi connectivity index (χ2n) is 6.95. The molecule has 0 aliphatic heterocycles. The number of benzene rings is 2. The Morgan fingerprint density at radius 2 is 1.87 bits per heavy atom.